The number of nitrogen functional groups attached to an aromatic ring is 1. The molecule has 0 radical (unpaired) electrons. The largest absolute Gasteiger partial charge is 0.454 e. The third kappa shape index (κ3) is 3.04. The zero-order valence-electron chi connectivity index (χ0n) is 14.2. The van der Waals surface area contributed by atoms with Gasteiger partial charge >= 0.3 is 0 Å². The second kappa shape index (κ2) is 6.40. The van der Waals surface area contributed by atoms with Crippen molar-refractivity contribution >= 4 is 17.4 Å². The van der Waals surface area contributed by atoms with E-state index in [9.17, 15) is 4.79 Å². The highest BCUT2D eigenvalue weighted by molar-refractivity contribution is 6.05. The average molecular weight is 347 g/mol. The van der Waals surface area contributed by atoms with Crippen LogP contribution in [0.5, 0.6) is 11.5 Å². The number of nitrogens with two attached hydrogens (primary N) is 1. The van der Waals surface area contributed by atoms with Crippen molar-refractivity contribution in [2.75, 3.05) is 17.8 Å². The third-order valence-corrected chi connectivity index (χ3v) is 4.13. The lowest BCUT2D eigenvalue weighted by Gasteiger charge is -2.10. The Kier molecular flexibility index (Phi) is 3.93. The molecule has 6 heteroatoms. The quantitative estimate of drug-likeness (QED) is 0.756. The summed E-state index contributed by atoms with van der Waals surface area (Å²) in [6.07, 6.45) is 0. The van der Waals surface area contributed by atoms with Crippen LogP contribution in [0.3, 0.4) is 0 Å². The van der Waals surface area contributed by atoms with Crippen molar-refractivity contribution in [2.24, 2.45) is 0 Å². The number of carbonyl (C=O) groups is 1. The van der Waals surface area contributed by atoms with Gasteiger partial charge < -0.3 is 20.5 Å². The molecule has 0 atom stereocenters. The highest BCUT2D eigenvalue weighted by Crippen LogP contribution is 2.33. The van der Waals surface area contributed by atoms with Crippen LogP contribution in [-0.4, -0.2) is 17.7 Å². The van der Waals surface area contributed by atoms with Crippen LogP contribution in [0.4, 0.5) is 11.5 Å². The Labute approximate surface area is 150 Å². The average Bonchev–Trinajstić information content (AvgIpc) is 3.09. The van der Waals surface area contributed by atoms with Crippen LogP contribution >= 0.6 is 0 Å². The molecule has 1 aromatic heterocycles. The van der Waals surface area contributed by atoms with Crippen LogP contribution in [0.25, 0.3) is 11.1 Å². The van der Waals surface area contributed by atoms with Crippen molar-refractivity contribution in [1.82, 2.24) is 4.98 Å². The lowest BCUT2D eigenvalue weighted by atomic mass is 10.1. The Morgan fingerprint density at radius 3 is 2.77 bits per heavy atom. The van der Waals surface area contributed by atoms with Gasteiger partial charge in [-0.3, -0.25) is 4.79 Å². The van der Waals surface area contributed by atoms with Gasteiger partial charge in [0.05, 0.1) is 0 Å². The first-order valence-corrected chi connectivity index (χ1v) is 8.15. The van der Waals surface area contributed by atoms with E-state index in [0.29, 0.717) is 28.6 Å². The first kappa shape index (κ1) is 16.0. The molecule has 2 heterocycles. The summed E-state index contributed by atoms with van der Waals surface area (Å²) >= 11 is 0. The van der Waals surface area contributed by atoms with E-state index in [1.54, 1.807) is 18.2 Å². The number of amides is 1. The molecule has 0 saturated carbocycles. The van der Waals surface area contributed by atoms with Crippen LogP contribution in [0.1, 0.15) is 16.1 Å². The van der Waals surface area contributed by atoms with E-state index < -0.39 is 0 Å². The van der Waals surface area contributed by atoms with Crippen LogP contribution in [0, 0.1) is 6.92 Å². The summed E-state index contributed by atoms with van der Waals surface area (Å²) in [6.45, 7) is 2.07. The van der Waals surface area contributed by atoms with Gasteiger partial charge in [0.15, 0.2) is 11.5 Å². The number of aryl methyl sites for hydroxylation is 1. The molecule has 0 aliphatic carbocycles. The normalized spacial score (nSPS) is 12.0. The number of hydrogen-bond donors (Lipinski definition) is 2. The lowest BCUT2D eigenvalue weighted by Crippen LogP contribution is -2.11. The van der Waals surface area contributed by atoms with E-state index in [4.69, 9.17) is 15.2 Å². The van der Waals surface area contributed by atoms with Gasteiger partial charge in [0.1, 0.15) is 5.82 Å². The fourth-order valence-electron chi connectivity index (χ4n) is 2.83. The predicted molar refractivity (Wildman–Crippen MR) is 99.3 cm³/mol. The summed E-state index contributed by atoms with van der Waals surface area (Å²) in [6, 6.07) is 16.4. The minimum absolute atomic E-state index is 0.175. The van der Waals surface area contributed by atoms with Gasteiger partial charge in [-0.15, -0.1) is 0 Å². The van der Waals surface area contributed by atoms with Crippen molar-refractivity contribution in [2.45, 2.75) is 6.92 Å². The molecule has 1 aliphatic heterocycles. The van der Waals surface area contributed by atoms with E-state index in [0.717, 1.165) is 16.8 Å². The standard InChI is InChI=1S/C20H17N3O3/c1-12-5-7-16(19(21)22-12)13-3-2-4-15(9-13)23-20(24)14-6-8-17-18(10-14)26-11-25-17/h2-10H,11H2,1H3,(H2,21,22)(H,23,24). The second-order valence-electron chi connectivity index (χ2n) is 5.99. The van der Waals surface area contributed by atoms with E-state index in [1.165, 1.54) is 0 Å². The number of rotatable bonds is 3. The molecule has 6 nitrogen and oxygen atoms in total. The van der Waals surface area contributed by atoms with Crippen molar-refractivity contribution < 1.29 is 14.3 Å². The third-order valence-electron chi connectivity index (χ3n) is 4.13. The molecule has 3 aromatic rings. The number of hydrogen-bond acceptors (Lipinski definition) is 5. The predicted octanol–water partition coefficient (Wildman–Crippen LogP) is 3.62. The molecule has 0 fully saturated rings. The highest BCUT2D eigenvalue weighted by atomic mass is 16.7. The maximum Gasteiger partial charge on any atom is 0.255 e. The van der Waals surface area contributed by atoms with Gasteiger partial charge in [-0.2, -0.15) is 0 Å². The van der Waals surface area contributed by atoms with Gasteiger partial charge in [0, 0.05) is 22.5 Å². The Balaban J connectivity index is 1.58. The summed E-state index contributed by atoms with van der Waals surface area (Å²) in [5.41, 5.74) is 9.77. The van der Waals surface area contributed by atoms with Crippen molar-refractivity contribution in [3.63, 3.8) is 0 Å². The van der Waals surface area contributed by atoms with Crippen LogP contribution < -0.4 is 20.5 Å². The molecular weight excluding hydrogens is 330 g/mol. The van der Waals surface area contributed by atoms with Crippen LogP contribution in [-0.2, 0) is 0 Å². The molecular formula is C20H17N3O3. The van der Waals surface area contributed by atoms with Gasteiger partial charge in [-0.25, -0.2) is 4.98 Å². The summed E-state index contributed by atoms with van der Waals surface area (Å²) in [5, 5.41) is 2.89. The number of anilines is 2. The monoisotopic (exact) mass is 347 g/mol. The van der Waals surface area contributed by atoms with Gasteiger partial charge in [-0.05, 0) is 55.0 Å². The maximum atomic E-state index is 12.5. The van der Waals surface area contributed by atoms with E-state index >= 15 is 0 Å². The zero-order chi connectivity index (χ0) is 18.1. The molecule has 3 N–H and O–H groups in total. The van der Waals surface area contributed by atoms with E-state index in [-0.39, 0.29) is 12.7 Å². The molecule has 1 aliphatic rings. The lowest BCUT2D eigenvalue weighted by molar-refractivity contribution is 0.102. The molecule has 0 saturated heterocycles. The fourth-order valence-corrected chi connectivity index (χ4v) is 2.83. The van der Waals surface area contributed by atoms with Crippen molar-refractivity contribution in [3.05, 3.63) is 65.9 Å². The number of benzene rings is 2. The minimum atomic E-state index is -0.226. The molecule has 2 aromatic carbocycles. The molecule has 4 rings (SSSR count). The number of carbonyl (C=O) groups excluding carboxylic acids is 1. The Morgan fingerprint density at radius 2 is 1.92 bits per heavy atom. The van der Waals surface area contributed by atoms with Gasteiger partial charge in [0.25, 0.3) is 5.91 Å². The van der Waals surface area contributed by atoms with Crippen LogP contribution in [0.15, 0.2) is 54.6 Å². The number of ether oxygens (including phenoxy) is 2. The zero-order valence-corrected chi connectivity index (χ0v) is 14.2. The molecule has 130 valence electrons. The van der Waals surface area contributed by atoms with Crippen molar-refractivity contribution in [1.29, 1.82) is 0 Å². The topological polar surface area (TPSA) is 86.5 Å². The molecule has 0 spiro atoms. The SMILES string of the molecule is Cc1ccc(-c2cccc(NC(=O)c3ccc4c(c3)OCO4)c2)c(N)n1. The van der Waals surface area contributed by atoms with Crippen molar-refractivity contribution in [3.8, 4) is 22.6 Å². The minimum Gasteiger partial charge on any atom is -0.454 e. The number of pyridine rings is 1. The van der Waals surface area contributed by atoms with Crippen LogP contribution in [0.2, 0.25) is 0 Å². The van der Waals surface area contributed by atoms with E-state index in [1.807, 2.05) is 43.3 Å². The summed E-state index contributed by atoms with van der Waals surface area (Å²) in [4.78, 5) is 16.8. The number of fused-ring (bicyclic) bond motifs is 1. The van der Waals surface area contributed by atoms with Gasteiger partial charge in [-0.1, -0.05) is 12.1 Å². The number of nitrogens with one attached hydrogen (secondary N) is 1. The Morgan fingerprint density at radius 1 is 1.08 bits per heavy atom. The number of aromatic nitrogens is 1. The molecule has 0 bridgehead atoms. The fraction of sp³-hybridized carbons (Fsp3) is 0.100. The molecule has 0 unspecified atom stereocenters. The highest BCUT2D eigenvalue weighted by Gasteiger charge is 2.16. The smallest absolute Gasteiger partial charge is 0.255 e. The van der Waals surface area contributed by atoms with E-state index in [2.05, 4.69) is 10.3 Å². The second-order valence-corrected chi connectivity index (χ2v) is 5.99. The van der Waals surface area contributed by atoms with Gasteiger partial charge in [0.2, 0.25) is 6.79 Å². The summed E-state index contributed by atoms with van der Waals surface area (Å²) in [5.74, 6) is 1.45. The Bertz CT molecular complexity index is 1000. The summed E-state index contributed by atoms with van der Waals surface area (Å²) < 4.78 is 10.6. The molecule has 1 amide bonds. The first-order chi connectivity index (χ1) is 12.6. The number of nitrogens with zero attached hydrogens (tertiary/aromatic N) is 1. The summed E-state index contributed by atoms with van der Waals surface area (Å²) in [7, 11) is 0. The Hall–Kier alpha value is -3.54. The maximum absolute atomic E-state index is 12.5. The molecule has 26 heavy (non-hydrogen) atoms. The first-order valence-electron chi connectivity index (χ1n) is 8.15.